The summed E-state index contributed by atoms with van der Waals surface area (Å²) < 4.78 is 0. The minimum Gasteiger partial charge on any atom is -0.480 e. The van der Waals surface area contributed by atoms with Crippen molar-refractivity contribution in [3.05, 3.63) is 35.9 Å². The van der Waals surface area contributed by atoms with Gasteiger partial charge in [0.1, 0.15) is 5.54 Å². The molecular formula is C12H15NO2. The number of rotatable bonds is 3. The number of benzene rings is 1. The molecule has 0 spiro atoms. The monoisotopic (exact) mass is 205 g/mol. The van der Waals surface area contributed by atoms with Crippen LogP contribution in [0.5, 0.6) is 0 Å². The van der Waals surface area contributed by atoms with E-state index in [2.05, 4.69) is 0 Å². The normalized spacial score (nSPS) is 25.9. The van der Waals surface area contributed by atoms with E-state index in [0.717, 1.165) is 19.5 Å². The molecule has 1 aromatic rings. The third-order valence-electron chi connectivity index (χ3n) is 3.24. The van der Waals surface area contributed by atoms with E-state index in [1.54, 1.807) is 6.92 Å². The molecule has 3 nitrogen and oxygen atoms in total. The predicted octanol–water partition coefficient (Wildman–Crippen LogP) is 1.74. The summed E-state index contributed by atoms with van der Waals surface area (Å²) in [5, 5.41) is 9.10. The standard InChI is InChI=1S/C12H15NO2/c1-12(11(14)15)7-8-13(12)9-10-5-3-2-4-6-10/h2-6H,7-9H2,1H3,(H,14,15)/t12-/m1/s1. The third-order valence-corrected chi connectivity index (χ3v) is 3.24. The highest BCUT2D eigenvalue weighted by Gasteiger charge is 2.46. The van der Waals surface area contributed by atoms with Crippen molar-refractivity contribution in [1.82, 2.24) is 4.90 Å². The molecule has 0 aliphatic carbocycles. The molecule has 0 saturated carbocycles. The summed E-state index contributed by atoms with van der Waals surface area (Å²) in [6.45, 7) is 3.39. The van der Waals surface area contributed by atoms with Crippen LogP contribution in [0, 0.1) is 0 Å². The number of nitrogens with zero attached hydrogens (tertiary/aromatic N) is 1. The van der Waals surface area contributed by atoms with Crippen LogP contribution in [-0.2, 0) is 11.3 Å². The highest BCUT2D eigenvalue weighted by molar-refractivity contribution is 5.79. The predicted molar refractivity (Wildman–Crippen MR) is 57.5 cm³/mol. The Hall–Kier alpha value is -1.35. The van der Waals surface area contributed by atoms with Gasteiger partial charge in [-0.05, 0) is 18.9 Å². The Morgan fingerprint density at radius 3 is 2.60 bits per heavy atom. The molecule has 1 atom stereocenters. The first-order valence-corrected chi connectivity index (χ1v) is 5.15. The number of carbonyl (C=O) groups is 1. The second-order valence-corrected chi connectivity index (χ2v) is 4.24. The topological polar surface area (TPSA) is 40.5 Å². The van der Waals surface area contributed by atoms with Crippen molar-refractivity contribution in [2.75, 3.05) is 6.54 Å². The molecule has 1 aliphatic rings. The fraction of sp³-hybridized carbons (Fsp3) is 0.417. The molecule has 15 heavy (non-hydrogen) atoms. The molecule has 1 heterocycles. The molecule has 3 heteroatoms. The quantitative estimate of drug-likeness (QED) is 0.817. The summed E-state index contributed by atoms with van der Waals surface area (Å²) in [6.07, 6.45) is 0.745. The molecule has 1 saturated heterocycles. The lowest BCUT2D eigenvalue weighted by Crippen LogP contribution is -2.61. The molecule has 2 rings (SSSR count). The van der Waals surface area contributed by atoms with Crippen LogP contribution in [0.1, 0.15) is 18.9 Å². The SMILES string of the molecule is C[C@]1(C(=O)O)CCN1Cc1ccccc1. The summed E-state index contributed by atoms with van der Waals surface area (Å²) in [6, 6.07) is 9.98. The minimum absolute atomic E-state index is 0.657. The Balaban J connectivity index is 2.06. The Labute approximate surface area is 89.3 Å². The van der Waals surface area contributed by atoms with Gasteiger partial charge in [-0.2, -0.15) is 0 Å². The van der Waals surface area contributed by atoms with E-state index in [1.807, 2.05) is 35.2 Å². The molecule has 0 radical (unpaired) electrons. The fourth-order valence-electron chi connectivity index (χ4n) is 1.90. The molecule has 1 fully saturated rings. The van der Waals surface area contributed by atoms with Gasteiger partial charge >= 0.3 is 5.97 Å². The highest BCUT2D eigenvalue weighted by atomic mass is 16.4. The van der Waals surface area contributed by atoms with Crippen LogP contribution < -0.4 is 0 Å². The molecule has 0 amide bonds. The summed E-state index contributed by atoms with van der Waals surface area (Å²) in [5.41, 5.74) is 0.514. The maximum Gasteiger partial charge on any atom is 0.323 e. The molecule has 1 N–H and O–H groups in total. The molecule has 0 bridgehead atoms. The number of hydrogen-bond donors (Lipinski definition) is 1. The zero-order chi connectivity index (χ0) is 10.9. The maximum absolute atomic E-state index is 11.1. The average molecular weight is 205 g/mol. The van der Waals surface area contributed by atoms with E-state index in [0.29, 0.717) is 0 Å². The van der Waals surface area contributed by atoms with Crippen molar-refractivity contribution in [2.45, 2.75) is 25.4 Å². The number of hydrogen-bond acceptors (Lipinski definition) is 2. The summed E-state index contributed by atoms with van der Waals surface area (Å²) in [4.78, 5) is 13.1. The van der Waals surface area contributed by atoms with Crippen molar-refractivity contribution < 1.29 is 9.90 Å². The van der Waals surface area contributed by atoms with Gasteiger partial charge in [0.15, 0.2) is 0 Å². The van der Waals surface area contributed by atoms with Crippen LogP contribution in [0.2, 0.25) is 0 Å². The molecule has 80 valence electrons. The number of carboxylic acids is 1. The molecule has 1 aliphatic heterocycles. The van der Waals surface area contributed by atoms with E-state index in [1.165, 1.54) is 5.56 Å². The zero-order valence-corrected chi connectivity index (χ0v) is 8.81. The van der Waals surface area contributed by atoms with E-state index in [4.69, 9.17) is 5.11 Å². The first-order valence-electron chi connectivity index (χ1n) is 5.15. The van der Waals surface area contributed by atoms with Gasteiger partial charge in [0.25, 0.3) is 0 Å². The smallest absolute Gasteiger partial charge is 0.323 e. The van der Waals surface area contributed by atoms with Crippen LogP contribution >= 0.6 is 0 Å². The van der Waals surface area contributed by atoms with Crippen LogP contribution in [0.15, 0.2) is 30.3 Å². The largest absolute Gasteiger partial charge is 0.480 e. The summed E-state index contributed by atoms with van der Waals surface area (Å²) in [7, 11) is 0. The Kier molecular flexibility index (Phi) is 2.49. The van der Waals surface area contributed by atoms with Gasteiger partial charge in [-0.3, -0.25) is 9.69 Å². The van der Waals surface area contributed by atoms with Crippen molar-refractivity contribution in [1.29, 1.82) is 0 Å². The fourth-order valence-corrected chi connectivity index (χ4v) is 1.90. The van der Waals surface area contributed by atoms with E-state index < -0.39 is 11.5 Å². The van der Waals surface area contributed by atoms with Gasteiger partial charge in [0.05, 0.1) is 0 Å². The van der Waals surface area contributed by atoms with Gasteiger partial charge < -0.3 is 5.11 Å². The second kappa shape index (κ2) is 3.66. The van der Waals surface area contributed by atoms with Crippen LogP contribution in [-0.4, -0.2) is 28.1 Å². The van der Waals surface area contributed by atoms with Crippen molar-refractivity contribution in [3.63, 3.8) is 0 Å². The van der Waals surface area contributed by atoms with Gasteiger partial charge in [0, 0.05) is 13.1 Å². The lowest BCUT2D eigenvalue weighted by molar-refractivity contribution is -0.160. The number of likely N-dealkylation sites (tertiary alicyclic amines) is 1. The van der Waals surface area contributed by atoms with Crippen LogP contribution in [0.3, 0.4) is 0 Å². The van der Waals surface area contributed by atoms with E-state index in [-0.39, 0.29) is 0 Å². The van der Waals surface area contributed by atoms with Crippen LogP contribution in [0.4, 0.5) is 0 Å². The first kappa shape index (κ1) is 10.2. The molecule has 0 aromatic heterocycles. The first-order chi connectivity index (χ1) is 7.13. The Morgan fingerprint density at radius 1 is 1.47 bits per heavy atom. The van der Waals surface area contributed by atoms with E-state index >= 15 is 0 Å². The summed E-state index contributed by atoms with van der Waals surface area (Å²) >= 11 is 0. The third kappa shape index (κ3) is 1.75. The molecule has 0 unspecified atom stereocenters. The molecule has 1 aromatic carbocycles. The second-order valence-electron chi connectivity index (χ2n) is 4.24. The molecular weight excluding hydrogens is 190 g/mol. The van der Waals surface area contributed by atoms with Crippen LogP contribution in [0.25, 0.3) is 0 Å². The maximum atomic E-state index is 11.1. The highest BCUT2D eigenvalue weighted by Crippen LogP contribution is 2.31. The minimum atomic E-state index is -0.718. The number of carboxylic acid groups (broad SMARTS) is 1. The van der Waals surface area contributed by atoms with Gasteiger partial charge in [-0.25, -0.2) is 0 Å². The van der Waals surface area contributed by atoms with Crippen molar-refractivity contribution in [3.8, 4) is 0 Å². The van der Waals surface area contributed by atoms with Crippen molar-refractivity contribution in [2.24, 2.45) is 0 Å². The lowest BCUT2D eigenvalue weighted by atomic mass is 9.86. The number of aliphatic carboxylic acids is 1. The Morgan fingerprint density at radius 2 is 2.13 bits per heavy atom. The lowest BCUT2D eigenvalue weighted by Gasteiger charge is -2.47. The summed E-state index contributed by atoms with van der Waals surface area (Å²) in [5.74, 6) is -0.718. The van der Waals surface area contributed by atoms with Crippen molar-refractivity contribution >= 4 is 5.97 Å². The van der Waals surface area contributed by atoms with Gasteiger partial charge in [-0.1, -0.05) is 30.3 Å². The Bertz CT molecular complexity index is 363. The zero-order valence-electron chi connectivity index (χ0n) is 8.81. The van der Waals surface area contributed by atoms with E-state index in [9.17, 15) is 4.79 Å². The average Bonchev–Trinajstić information content (AvgIpc) is 2.24. The van der Waals surface area contributed by atoms with Gasteiger partial charge in [-0.15, -0.1) is 0 Å². The van der Waals surface area contributed by atoms with Gasteiger partial charge in [0.2, 0.25) is 0 Å².